The lowest BCUT2D eigenvalue weighted by Crippen LogP contribution is -2.53. The van der Waals surface area contributed by atoms with Crippen LogP contribution in [0.15, 0.2) is 22.7 Å². The molecule has 5 nitrogen and oxygen atoms in total. The van der Waals surface area contributed by atoms with Gasteiger partial charge in [0.25, 0.3) is 0 Å². The molecule has 3 atom stereocenters. The lowest BCUT2D eigenvalue weighted by atomic mass is 9.80. The summed E-state index contributed by atoms with van der Waals surface area (Å²) in [5.74, 6) is 0.518. The Morgan fingerprint density at radius 1 is 1.36 bits per heavy atom. The minimum Gasteiger partial charge on any atom is -0.465 e. The molecule has 2 amide bonds. The van der Waals surface area contributed by atoms with Crippen molar-refractivity contribution in [3.8, 4) is 0 Å². The number of carbonyl (C=O) groups is 2. The molecular formula is C16H19BrN2O3. The van der Waals surface area contributed by atoms with Gasteiger partial charge in [0.2, 0.25) is 5.91 Å². The lowest BCUT2D eigenvalue weighted by molar-refractivity contribution is -0.117. The van der Waals surface area contributed by atoms with Crippen LogP contribution in [0.3, 0.4) is 0 Å². The van der Waals surface area contributed by atoms with Gasteiger partial charge in [-0.2, -0.15) is 0 Å². The molecule has 0 saturated heterocycles. The van der Waals surface area contributed by atoms with E-state index in [1.54, 1.807) is 6.92 Å². The topological polar surface area (TPSA) is 69.6 Å². The summed E-state index contributed by atoms with van der Waals surface area (Å²) in [5, 5.41) is 11.8. The van der Waals surface area contributed by atoms with Crippen molar-refractivity contribution in [1.29, 1.82) is 0 Å². The maximum atomic E-state index is 12.2. The summed E-state index contributed by atoms with van der Waals surface area (Å²) in [5.41, 5.74) is 1.68. The minimum atomic E-state index is -1.03. The summed E-state index contributed by atoms with van der Waals surface area (Å²) in [6, 6.07) is 5.46. The normalized spacial score (nSPS) is 27.2. The zero-order valence-corrected chi connectivity index (χ0v) is 14.1. The monoisotopic (exact) mass is 366 g/mol. The number of benzene rings is 1. The number of amides is 2. The van der Waals surface area contributed by atoms with Gasteiger partial charge in [0.1, 0.15) is 0 Å². The van der Waals surface area contributed by atoms with E-state index in [1.165, 1.54) is 0 Å². The number of halogens is 1. The Labute approximate surface area is 137 Å². The predicted octanol–water partition coefficient (Wildman–Crippen LogP) is 3.54. The van der Waals surface area contributed by atoms with Gasteiger partial charge in [-0.05, 0) is 42.5 Å². The first-order valence-electron chi connectivity index (χ1n) is 7.49. The predicted molar refractivity (Wildman–Crippen MR) is 86.9 cm³/mol. The quantitative estimate of drug-likeness (QED) is 0.840. The Bertz CT molecular complexity index is 630. The van der Waals surface area contributed by atoms with Crippen molar-refractivity contribution in [3.63, 3.8) is 0 Å². The third kappa shape index (κ3) is 2.60. The van der Waals surface area contributed by atoms with Crippen molar-refractivity contribution in [1.82, 2.24) is 5.32 Å². The van der Waals surface area contributed by atoms with Crippen LogP contribution < -0.4 is 10.2 Å². The van der Waals surface area contributed by atoms with Gasteiger partial charge < -0.3 is 15.3 Å². The zero-order valence-electron chi connectivity index (χ0n) is 12.5. The van der Waals surface area contributed by atoms with E-state index in [9.17, 15) is 14.7 Å². The van der Waals surface area contributed by atoms with Gasteiger partial charge in [0.15, 0.2) is 0 Å². The number of carboxylic acid groups (broad SMARTS) is 1. The molecule has 1 aliphatic carbocycles. The second-order valence-electron chi connectivity index (χ2n) is 6.21. The Balaban J connectivity index is 2.13. The van der Waals surface area contributed by atoms with Crippen molar-refractivity contribution in [3.05, 3.63) is 28.2 Å². The fraction of sp³-hybridized carbons (Fsp3) is 0.500. The largest absolute Gasteiger partial charge is 0.465 e. The van der Waals surface area contributed by atoms with Crippen LogP contribution in [0.4, 0.5) is 10.5 Å². The van der Waals surface area contributed by atoms with E-state index in [4.69, 9.17) is 0 Å². The third-order valence-corrected chi connectivity index (χ3v) is 5.16. The molecule has 1 aromatic rings. The SMILES string of the molecule is CC(=O)N1c2ccc(Br)cc2[C@H](NC(=O)O)[C@@H](C)[C@@H]1C1CC1. The second kappa shape index (κ2) is 5.57. The highest BCUT2D eigenvalue weighted by Crippen LogP contribution is 2.49. The first kappa shape index (κ1) is 15.3. The summed E-state index contributed by atoms with van der Waals surface area (Å²) in [6.07, 6.45) is 1.17. The van der Waals surface area contributed by atoms with Crippen molar-refractivity contribution in [2.75, 3.05) is 4.90 Å². The zero-order chi connectivity index (χ0) is 16.0. The number of hydrogen-bond donors (Lipinski definition) is 2. The highest BCUT2D eigenvalue weighted by Gasteiger charge is 2.47. The Hall–Kier alpha value is -1.56. The van der Waals surface area contributed by atoms with E-state index < -0.39 is 6.09 Å². The smallest absolute Gasteiger partial charge is 0.405 e. The Morgan fingerprint density at radius 2 is 2.05 bits per heavy atom. The highest BCUT2D eigenvalue weighted by molar-refractivity contribution is 9.10. The number of carbonyl (C=O) groups excluding carboxylic acids is 1. The number of fused-ring (bicyclic) bond motifs is 1. The summed E-state index contributed by atoms with van der Waals surface area (Å²) >= 11 is 3.44. The Morgan fingerprint density at radius 3 is 2.59 bits per heavy atom. The Kier molecular flexibility index (Phi) is 3.89. The van der Waals surface area contributed by atoms with E-state index in [0.717, 1.165) is 28.6 Å². The molecule has 1 fully saturated rings. The molecule has 3 rings (SSSR count). The third-order valence-electron chi connectivity index (χ3n) is 4.67. The van der Waals surface area contributed by atoms with Gasteiger partial charge in [-0.25, -0.2) is 4.79 Å². The first-order chi connectivity index (χ1) is 10.4. The van der Waals surface area contributed by atoms with E-state index in [1.807, 2.05) is 30.0 Å². The van der Waals surface area contributed by atoms with Crippen LogP contribution in [0.2, 0.25) is 0 Å². The molecule has 0 bridgehead atoms. The molecular weight excluding hydrogens is 348 g/mol. The number of rotatable bonds is 2. The van der Waals surface area contributed by atoms with Crippen LogP contribution in [0.25, 0.3) is 0 Å². The highest BCUT2D eigenvalue weighted by atomic mass is 79.9. The summed E-state index contributed by atoms with van der Waals surface area (Å²) < 4.78 is 0.879. The van der Waals surface area contributed by atoms with Crippen LogP contribution in [-0.2, 0) is 4.79 Å². The summed E-state index contributed by atoms with van der Waals surface area (Å²) in [7, 11) is 0. The molecule has 22 heavy (non-hydrogen) atoms. The molecule has 0 aromatic heterocycles. The van der Waals surface area contributed by atoms with Crippen molar-refractivity contribution in [2.45, 2.75) is 38.8 Å². The van der Waals surface area contributed by atoms with Crippen LogP contribution in [0, 0.1) is 11.8 Å². The average Bonchev–Trinajstić information content (AvgIpc) is 3.25. The van der Waals surface area contributed by atoms with E-state index in [0.29, 0.717) is 5.92 Å². The molecule has 1 heterocycles. The minimum absolute atomic E-state index is 0.0149. The maximum absolute atomic E-state index is 12.2. The van der Waals surface area contributed by atoms with Gasteiger partial charge in [-0.1, -0.05) is 22.9 Å². The molecule has 0 radical (unpaired) electrons. The fourth-order valence-corrected chi connectivity index (χ4v) is 4.05. The molecule has 118 valence electrons. The number of nitrogens with zero attached hydrogens (tertiary/aromatic N) is 1. The van der Waals surface area contributed by atoms with E-state index >= 15 is 0 Å². The van der Waals surface area contributed by atoms with Crippen LogP contribution >= 0.6 is 15.9 Å². The van der Waals surface area contributed by atoms with Gasteiger partial charge >= 0.3 is 6.09 Å². The fourth-order valence-electron chi connectivity index (χ4n) is 3.67. The average molecular weight is 367 g/mol. The van der Waals surface area contributed by atoms with Crippen molar-refractivity contribution >= 4 is 33.6 Å². The molecule has 2 aliphatic rings. The van der Waals surface area contributed by atoms with Crippen LogP contribution in [0.5, 0.6) is 0 Å². The molecule has 1 saturated carbocycles. The van der Waals surface area contributed by atoms with Gasteiger partial charge in [-0.15, -0.1) is 0 Å². The standard InChI is InChI=1S/C16H19BrN2O3/c1-8-14(18-16(21)22)12-7-11(17)5-6-13(12)19(9(2)20)15(8)10-3-4-10/h5-8,10,14-15,18H,3-4H2,1-2H3,(H,21,22)/t8-,14-,15-/m1/s1. The maximum Gasteiger partial charge on any atom is 0.405 e. The molecule has 0 unspecified atom stereocenters. The van der Waals surface area contributed by atoms with Gasteiger partial charge in [0, 0.05) is 29.0 Å². The molecule has 6 heteroatoms. The first-order valence-corrected chi connectivity index (χ1v) is 8.28. The van der Waals surface area contributed by atoms with Gasteiger partial charge in [-0.3, -0.25) is 4.79 Å². The molecule has 0 spiro atoms. The van der Waals surface area contributed by atoms with Crippen molar-refractivity contribution < 1.29 is 14.7 Å². The second-order valence-corrected chi connectivity index (χ2v) is 7.12. The van der Waals surface area contributed by atoms with Gasteiger partial charge in [0.05, 0.1) is 6.04 Å². The van der Waals surface area contributed by atoms with Crippen LogP contribution in [0.1, 0.15) is 38.3 Å². The van der Waals surface area contributed by atoms with Crippen molar-refractivity contribution in [2.24, 2.45) is 11.8 Å². The molecule has 1 aliphatic heterocycles. The molecule has 2 N–H and O–H groups in total. The van der Waals surface area contributed by atoms with E-state index in [-0.39, 0.29) is 23.9 Å². The summed E-state index contributed by atoms with van der Waals surface area (Å²) in [4.78, 5) is 25.3. The summed E-state index contributed by atoms with van der Waals surface area (Å²) in [6.45, 7) is 3.61. The number of anilines is 1. The van der Waals surface area contributed by atoms with Crippen LogP contribution in [-0.4, -0.2) is 23.1 Å². The number of hydrogen-bond acceptors (Lipinski definition) is 2. The lowest BCUT2D eigenvalue weighted by Gasteiger charge is -2.45. The van der Waals surface area contributed by atoms with E-state index in [2.05, 4.69) is 21.2 Å². The molecule has 1 aromatic carbocycles. The number of nitrogens with one attached hydrogen (secondary N) is 1.